The summed E-state index contributed by atoms with van der Waals surface area (Å²) in [5, 5.41) is 0.857. The topological polar surface area (TPSA) is 29.5 Å². The number of alkyl halides is 1. The number of ether oxygens (including phenoxy) is 1. The van der Waals surface area contributed by atoms with E-state index in [1.807, 2.05) is 19.1 Å². The van der Waals surface area contributed by atoms with Crippen LogP contribution >= 0.6 is 15.9 Å². The molecule has 0 N–H and O–H groups in total. The molecule has 1 aliphatic rings. The highest BCUT2D eigenvalue weighted by Gasteiger charge is 2.27. The zero-order valence-electron chi connectivity index (χ0n) is 9.15. The predicted molar refractivity (Wildman–Crippen MR) is 65.4 cm³/mol. The Kier molecular flexibility index (Phi) is 3.49. The van der Waals surface area contributed by atoms with E-state index in [1.54, 1.807) is 4.90 Å². The van der Waals surface area contributed by atoms with E-state index in [0.717, 1.165) is 10.9 Å². The molecule has 2 rings (SSSR count). The van der Waals surface area contributed by atoms with Crippen LogP contribution in [0.25, 0.3) is 0 Å². The van der Waals surface area contributed by atoms with Gasteiger partial charge in [-0.2, -0.15) is 0 Å². The molecule has 4 heteroatoms. The molecule has 1 heterocycles. The SMILES string of the molecule is CC1CN(Cc2ccc(CBr)cc2)C(=O)O1. The zero-order valence-corrected chi connectivity index (χ0v) is 10.7. The average Bonchev–Trinajstić information content (AvgIpc) is 2.59. The second-order valence-electron chi connectivity index (χ2n) is 4.03. The summed E-state index contributed by atoms with van der Waals surface area (Å²) in [7, 11) is 0. The smallest absolute Gasteiger partial charge is 0.410 e. The van der Waals surface area contributed by atoms with Crippen LogP contribution in [-0.4, -0.2) is 23.6 Å². The van der Waals surface area contributed by atoms with Crippen molar-refractivity contribution < 1.29 is 9.53 Å². The van der Waals surface area contributed by atoms with Gasteiger partial charge in [0.1, 0.15) is 6.10 Å². The van der Waals surface area contributed by atoms with E-state index in [9.17, 15) is 4.79 Å². The van der Waals surface area contributed by atoms with Crippen LogP contribution in [0.2, 0.25) is 0 Å². The molecule has 3 nitrogen and oxygen atoms in total. The summed E-state index contributed by atoms with van der Waals surface area (Å²) in [6.45, 7) is 3.22. The number of nitrogens with zero attached hydrogens (tertiary/aromatic N) is 1. The van der Waals surface area contributed by atoms with Gasteiger partial charge in [-0.05, 0) is 18.1 Å². The molecule has 0 spiro atoms. The summed E-state index contributed by atoms with van der Waals surface area (Å²) in [6, 6.07) is 8.23. The standard InChI is InChI=1S/C12H14BrNO2/c1-9-7-14(12(15)16-9)8-11-4-2-10(6-13)3-5-11/h2-5,9H,6-8H2,1H3. The van der Waals surface area contributed by atoms with Crippen molar-refractivity contribution in [3.05, 3.63) is 35.4 Å². The largest absolute Gasteiger partial charge is 0.444 e. The van der Waals surface area contributed by atoms with Crippen LogP contribution in [0.5, 0.6) is 0 Å². The van der Waals surface area contributed by atoms with Crippen molar-refractivity contribution in [3.63, 3.8) is 0 Å². The van der Waals surface area contributed by atoms with Gasteiger partial charge < -0.3 is 9.64 Å². The highest BCUT2D eigenvalue weighted by Crippen LogP contribution is 2.15. The maximum Gasteiger partial charge on any atom is 0.410 e. The lowest BCUT2D eigenvalue weighted by molar-refractivity contribution is 0.137. The third-order valence-electron chi connectivity index (χ3n) is 2.59. The molecular weight excluding hydrogens is 270 g/mol. The first-order valence-electron chi connectivity index (χ1n) is 5.28. The zero-order chi connectivity index (χ0) is 11.5. The number of hydrogen-bond acceptors (Lipinski definition) is 2. The Hall–Kier alpha value is -1.03. The number of carbonyl (C=O) groups excluding carboxylic acids is 1. The lowest BCUT2D eigenvalue weighted by Crippen LogP contribution is -2.24. The monoisotopic (exact) mass is 283 g/mol. The summed E-state index contributed by atoms with van der Waals surface area (Å²) in [6.07, 6.45) is -0.202. The van der Waals surface area contributed by atoms with E-state index in [-0.39, 0.29) is 12.2 Å². The molecule has 1 saturated heterocycles. The van der Waals surface area contributed by atoms with Gasteiger partial charge in [0, 0.05) is 11.9 Å². The van der Waals surface area contributed by atoms with Crippen molar-refractivity contribution in [2.75, 3.05) is 6.54 Å². The van der Waals surface area contributed by atoms with E-state index < -0.39 is 0 Å². The Labute approximate surface area is 104 Å². The first-order chi connectivity index (χ1) is 7.69. The summed E-state index contributed by atoms with van der Waals surface area (Å²) in [4.78, 5) is 13.1. The van der Waals surface area contributed by atoms with Crippen LogP contribution in [0, 0.1) is 0 Å². The molecule has 1 aromatic carbocycles. The van der Waals surface area contributed by atoms with Crippen molar-refractivity contribution in [2.24, 2.45) is 0 Å². The van der Waals surface area contributed by atoms with Crippen LogP contribution in [-0.2, 0) is 16.6 Å². The summed E-state index contributed by atoms with van der Waals surface area (Å²) >= 11 is 3.40. The molecule has 1 aromatic rings. The average molecular weight is 284 g/mol. The minimum absolute atomic E-state index is 0.00863. The van der Waals surface area contributed by atoms with Crippen molar-refractivity contribution in [2.45, 2.75) is 24.9 Å². The van der Waals surface area contributed by atoms with Gasteiger partial charge in [-0.1, -0.05) is 40.2 Å². The fraction of sp³-hybridized carbons (Fsp3) is 0.417. The van der Waals surface area contributed by atoms with E-state index >= 15 is 0 Å². The van der Waals surface area contributed by atoms with E-state index in [1.165, 1.54) is 5.56 Å². The molecule has 16 heavy (non-hydrogen) atoms. The highest BCUT2D eigenvalue weighted by molar-refractivity contribution is 9.08. The first kappa shape index (κ1) is 11.5. The molecule has 86 valence electrons. The Morgan fingerprint density at radius 2 is 2.00 bits per heavy atom. The molecular formula is C12H14BrNO2. The van der Waals surface area contributed by atoms with Crippen molar-refractivity contribution in [1.82, 2.24) is 4.90 Å². The molecule has 0 bridgehead atoms. The normalized spacial score (nSPS) is 20.0. The molecule has 0 aromatic heterocycles. The molecule has 0 aliphatic carbocycles. The fourth-order valence-electron chi connectivity index (χ4n) is 1.75. The molecule has 1 atom stereocenters. The van der Waals surface area contributed by atoms with Crippen LogP contribution < -0.4 is 0 Å². The molecule has 1 amide bonds. The van der Waals surface area contributed by atoms with Crippen molar-refractivity contribution >= 4 is 22.0 Å². The van der Waals surface area contributed by atoms with Crippen LogP contribution in [0.1, 0.15) is 18.1 Å². The second-order valence-corrected chi connectivity index (χ2v) is 4.59. The molecule has 0 radical (unpaired) electrons. The lowest BCUT2D eigenvalue weighted by atomic mass is 10.1. The number of rotatable bonds is 3. The number of benzene rings is 1. The number of cyclic esters (lactones) is 1. The molecule has 1 fully saturated rings. The van der Waals surface area contributed by atoms with Gasteiger partial charge in [0.05, 0.1) is 6.54 Å². The Bertz CT molecular complexity index is 377. The van der Waals surface area contributed by atoms with E-state index in [0.29, 0.717) is 13.1 Å². The van der Waals surface area contributed by atoms with Crippen molar-refractivity contribution in [1.29, 1.82) is 0 Å². The quantitative estimate of drug-likeness (QED) is 0.799. The number of halogens is 1. The number of hydrogen-bond donors (Lipinski definition) is 0. The minimum atomic E-state index is -0.211. The molecule has 0 saturated carbocycles. The van der Waals surface area contributed by atoms with Gasteiger partial charge in [-0.3, -0.25) is 0 Å². The Balaban J connectivity index is 2.01. The lowest BCUT2D eigenvalue weighted by Gasteiger charge is -2.12. The summed E-state index contributed by atoms with van der Waals surface area (Å²) in [5.74, 6) is 0. The molecule has 1 unspecified atom stereocenters. The van der Waals surface area contributed by atoms with Gasteiger partial charge in [0.15, 0.2) is 0 Å². The first-order valence-corrected chi connectivity index (χ1v) is 6.40. The van der Waals surface area contributed by atoms with E-state index in [4.69, 9.17) is 4.74 Å². The maximum absolute atomic E-state index is 11.4. The van der Waals surface area contributed by atoms with E-state index in [2.05, 4.69) is 28.1 Å². The van der Waals surface area contributed by atoms with Gasteiger partial charge in [0.2, 0.25) is 0 Å². The predicted octanol–water partition coefficient (Wildman–Crippen LogP) is 2.92. The number of amides is 1. The fourth-order valence-corrected chi connectivity index (χ4v) is 2.13. The van der Waals surface area contributed by atoms with Crippen LogP contribution in [0.4, 0.5) is 4.79 Å². The van der Waals surface area contributed by atoms with Gasteiger partial charge in [0.25, 0.3) is 0 Å². The van der Waals surface area contributed by atoms with Crippen LogP contribution in [0.3, 0.4) is 0 Å². The van der Waals surface area contributed by atoms with Crippen LogP contribution in [0.15, 0.2) is 24.3 Å². The number of carbonyl (C=O) groups is 1. The maximum atomic E-state index is 11.4. The van der Waals surface area contributed by atoms with Crippen molar-refractivity contribution in [3.8, 4) is 0 Å². The summed E-state index contributed by atoms with van der Waals surface area (Å²) in [5.41, 5.74) is 2.37. The third kappa shape index (κ3) is 2.55. The Morgan fingerprint density at radius 3 is 2.50 bits per heavy atom. The van der Waals surface area contributed by atoms with Gasteiger partial charge >= 0.3 is 6.09 Å². The van der Waals surface area contributed by atoms with Gasteiger partial charge in [-0.25, -0.2) is 4.79 Å². The molecule has 1 aliphatic heterocycles. The Morgan fingerprint density at radius 1 is 1.38 bits per heavy atom. The third-order valence-corrected chi connectivity index (χ3v) is 3.24. The van der Waals surface area contributed by atoms with Gasteiger partial charge in [-0.15, -0.1) is 0 Å². The highest BCUT2D eigenvalue weighted by atomic mass is 79.9. The summed E-state index contributed by atoms with van der Waals surface area (Å²) < 4.78 is 5.07. The second kappa shape index (κ2) is 4.87. The minimum Gasteiger partial charge on any atom is -0.444 e.